The summed E-state index contributed by atoms with van der Waals surface area (Å²) in [5.74, 6) is -0.0197. The van der Waals surface area contributed by atoms with Gasteiger partial charge in [0.2, 0.25) is 0 Å². The first-order valence-corrected chi connectivity index (χ1v) is 6.14. The third kappa shape index (κ3) is 3.20. The number of rotatable bonds is 3. The molecule has 1 aromatic heterocycles. The number of esters is 1. The van der Waals surface area contributed by atoms with E-state index in [1.54, 1.807) is 13.2 Å². The van der Waals surface area contributed by atoms with Crippen molar-refractivity contribution < 1.29 is 14.3 Å². The molecule has 0 amide bonds. The lowest BCUT2D eigenvalue weighted by atomic mass is 9.95. The third-order valence-electron chi connectivity index (χ3n) is 3.20. The number of nitrogens with zero attached hydrogens (tertiary/aromatic N) is 1. The Morgan fingerprint density at radius 1 is 1.44 bits per heavy atom. The Bertz CT molecular complexity index is 422. The number of hydrogen-bond acceptors (Lipinski definition) is 5. The van der Waals surface area contributed by atoms with Crippen LogP contribution in [0.15, 0.2) is 18.3 Å². The van der Waals surface area contributed by atoms with Crippen molar-refractivity contribution in [3.8, 4) is 0 Å². The Morgan fingerprint density at radius 2 is 2.22 bits per heavy atom. The van der Waals surface area contributed by atoms with Crippen molar-refractivity contribution in [2.45, 2.75) is 37.9 Å². The highest BCUT2D eigenvalue weighted by atomic mass is 16.5. The third-order valence-corrected chi connectivity index (χ3v) is 3.20. The number of carbonyl (C=O) groups excluding carboxylic acids is 1. The lowest BCUT2D eigenvalue weighted by molar-refractivity contribution is -0.0149. The largest absolute Gasteiger partial charge is 0.459 e. The predicted octanol–water partition coefficient (Wildman–Crippen LogP) is 1.78. The van der Waals surface area contributed by atoms with Gasteiger partial charge in [0.05, 0.1) is 11.7 Å². The van der Waals surface area contributed by atoms with Crippen molar-refractivity contribution >= 4 is 11.8 Å². The van der Waals surface area contributed by atoms with Crippen LogP contribution < -0.4 is 5.73 Å². The van der Waals surface area contributed by atoms with E-state index in [2.05, 4.69) is 4.98 Å². The summed E-state index contributed by atoms with van der Waals surface area (Å²) in [6.07, 6.45) is 5.35. The standard InChI is InChI=1S/C13H18N2O3/c1-17-10-3-2-4-11(8-10)18-13(16)9-5-6-15-12(14)7-9/h5-7,10-11H,2-4,8H2,1H3,(H2,14,15). The zero-order valence-corrected chi connectivity index (χ0v) is 10.5. The normalized spacial score (nSPS) is 23.6. The van der Waals surface area contributed by atoms with Crippen molar-refractivity contribution in [2.75, 3.05) is 12.8 Å². The number of nitrogen functional groups attached to an aromatic ring is 1. The average molecular weight is 250 g/mol. The van der Waals surface area contributed by atoms with Gasteiger partial charge in [0.15, 0.2) is 0 Å². The van der Waals surface area contributed by atoms with Gasteiger partial charge in [-0.1, -0.05) is 0 Å². The van der Waals surface area contributed by atoms with Crippen LogP contribution in [0.1, 0.15) is 36.0 Å². The van der Waals surface area contributed by atoms with Gasteiger partial charge >= 0.3 is 5.97 Å². The van der Waals surface area contributed by atoms with Crippen LogP contribution in [0.4, 0.5) is 5.82 Å². The second-order valence-corrected chi connectivity index (χ2v) is 4.52. The van der Waals surface area contributed by atoms with E-state index in [1.807, 2.05) is 0 Å². The first-order valence-electron chi connectivity index (χ1n) is 6.14. The van der Waals surface area contributed by atoms with Crippen LogP contribution in [0, 0.1) is 0 Å². The summed E-state index contributed by atoms with van der Waals surface area (Å²) >= 11 is 0. The van der Waals surface area contributed by atoms with Crippen LogP contribution in [0.3, 0.4) is 0 Å². The van der Waals surface area contributed by atoms with Gasteiger partial charge in [-0.05, 0) is 31.4 Å². The lowest BCUT2D eigenvalue weighted by Gasteiger charge is -2.27. The zero-order chi connectivity index (χ0) is 13.0. The quantitative estimate of drug-likeness (QED) is 0.828. The van der Waals surface area contributed by atoms with Gasteiger partial charge in [0.1, 0.15) is 11.9 Å². The molecule has 0 spiro atoms. The summed E-state index contributed by atoms with van der Waals surface area (Å²) < 4.78 is 10.8. The average Bonchev–Trinajstić information content (AvgIpc) is 2.39. The van der Waals surface area contributed by atoms with E-state index in [0.717, 1.165) is 25.7 Å². The van der Waals surface area contributed by atoms with E-state index in [0.29, 0.717) is 11.4 Å². The lowest BCUT2D eigenvalue weighted by Crippen LogP contribution is -2.29. The first-order chi connectivity index (χ1) is 8.69. The summed E-state index contributed by atoms with van der Waals surface area (Å²) in [5, 5.41) is 0. The monoisotopic (exact) mass is 250 g/mol. The number of pyridine rings is 1. The van der Waals surface area contributed by atoms with Gasteiger partial charge in [-0.3, -0.25) is 0 Å². The van der Waals surface area contributed by atoms with E-state index in [-0.39, 0.29) is 18.2 Å². The maximum absolute atomic E-state index is 11.9. The molecule has 2 rings (SSSR count). The van der Waals surface area contributed by atoms with Crippen molar-refractivity contribution in [2.24, 2.45) is 0 Å². The molecule has 0 aromatic carbocycles. The van der Waals surface area contributed by atoms with Crippen LogP contribution in [-0.4, -0.2) is 30.3 Å². The minimum atomic E-state index is -0.342. The smallest absolute Gasteiger partial charge is 0.338 e. The second-order valence-electron chi connectivity index (χ2n) is 4.52. The SMILES string of the molecule is COC1CCCC(OC(=O)c2ccnc(N)c2)C1. The number of anilines is 1. The molecule has 1 fully saturated rings. The Labute approximate surface area is 106 Å². The number of carbonyl (C=O) groups is 1. The summed E-state index contributed by atoms with van der Waals surface area (Å²) in [6, 6.07) is 3.13. The van der Waals surface area contributed by atoms with E-state index >= 15 is 0 Å². The molecule has 1 saturated carbocycles. The Kier molecular flexibility index (Phi) is 4.15. The van der Waals surface area contributed by atoms with Gasteiger partial charge in [-0.25, -0.2) is 9.78 Å². The molecule has 2 N–H and O–H groups in total. The first kappa shape index (κ1) is 12.8. The summed E-state index contributed by atoms with van der Waals surface area (Å²) in [7, 11) is 1.69. The molecule has 1 aliphatic carbocycles. The minimum Gasteiger partial charge on any atom is -0.459 e. The van der Waals surface area contributed by atoms with Gasteiger partial charge in [-0.2, -0.15) is 0 Å². The number of hydrogen-bond donors (Lipinski definition) is 1. The number of methoxy groups -OCH3 is 1. The molecular weight excluding hydrogens is 232 g/mol. The van der Waals surface area contributed by atoms with Crippen LogP contribution in [0.25, 0.3) is 0 Å². The molecule has 1 aromatic rings. The van der Waals surface area contributed by atoms with Crippen LogP contribution in [-0.2, 0) is 9.47 Å². The van der Waals surface area contributed by atoms with E-state index in [4.69, 9.17) is 15.2 Å². The minimum absolute atomic E-state index is 0.0643. The van der Waals surface area contributed by atoms with E-state index in [9.17, 15) is 4.79 Å². The fourth-order valence-electron chi connectivity index (χ4n) is 2.22. The molecule has 2 atom stereocenters. The maximum atomic E-state index is 11.9. The van der Waals surface area contributed by atoms with Gasteiger partial charge in [0.25, 0.3) is 0 Å². The fourth-order valence-corrected chi connectivity index (χ4v) is 2.22. The molecule has 98 valence electrons. The Balaban J connectivity index is 1.95. The summed E-state index contributed by atoms with van der Waals surface area (Å²) in [6.45, 7) is 0. The molecule has 0 radical (unpaired) electrons. The van der Waals surface area contributed by atoms with E-state index < -0.39 is 0 Å². The highest BCUT2D eigenvalue weighted by Gasteiger charge is 2.25. The van der Waals surface area contributed by atoms with Crippen molar-refractivity contribution in [3.05, 3.63) is 23.9 Å². The Hall–Kier alpha value is -1.62. The van der Waals surface area contributed by atoms with Crippen LogP contribution in [0.5, 0.6) is 0 Å². The molecule has 18 heavy (non-hydrogen) atoms. The molecule has 1 heterocycles. The maximum Gasteiger partial charge on any atom is 0.338 e. The van der Waals surface area contributed by atoms with E-state index in [1.165, 1.54) is 12.3 Å². The Morgan fingerprint density at radius 3 is 2.94 bits per heavy atom. The highest BCUT2D eigenvalue weighted by molar-refractivity contribution is 5.90. The number of aromatic nitrogens is 1. The highest BCUT2D eigenvalue weighted by Crippen LogP contribution is 2.24. The molecule has 5 nitrogen and oxygen atoms in total. The molecule has 0 saturated heterocycles. The molecule has 0 aliphatic heterocycles. The topological polar surface area (TPSA) is 74.4 Å². The van der Waals surface area contributed by atoms with Crippen molar-refractivity contribution in [1.82, 2.24) is 4.98 Å². The fraction of sp³-hybridized carbons (Fsp3) is 0.538. The second kappa shape index (κ2) is 5.82. The molecule has 1 aliphatic rings. The van der Waals surface area contributed by atoms with Gasteiger partial charge in [-0.15, -0.1) is 0 Å². The van der Waals surface area contributed by atoms with Gasteiger partial charge in [0, 0.05) is 19.7 Å². The molecule has 2 unspecified atom stereocenters. The summed E-state index contributed by atoms with van der Waals surface area (Å²) in [4.78, 5) is 15.8. The van der Waals surface area contributed by atoms with Crippen molar-refractivity contribution in [3.63, 3.8) is 0 Å². The van der Waals surface area contributed by atoms with Crippen molar-refractivity contribution in [1.29, 1.82) is 0 Å². The number of ether oxygens (including phenoxy) is 2. The van der Waals surface area contributed by atoms with Crippen LogP contribution in [0.2, 0.25) is 0 Å². The molecular formula is C13H18N2O3. The summed E-state index contributed by atoms with van der Waals surface area (Å²) in [5.41, 5.74) is 5.98. The number of nitrogens with two attached hydrogens (primary N) is 1. The van der Waals surface area contributed by atoms with Crippen LogP contribution >= 0.6 is 0 Å². The predicted molar refractivity (Wildman–Crippen MR) is 67.1 cm³/mol. The molecule has 5 heteroatoms. The zero-order valence-electron chi connectivity index (χ0n) is 10.5. The molecule has 0 bridgehead atoms. The van der Waals surface area contributed by atoms with Gasteiger partial charge < -0.3 is 15.2 Å².